The van der Waals surface area contributed by atoms with E-state index in [0.29, 0.717) is 13.2 Å². The van der Waals surface area contributed by atoms with E-state index in [1.165, 1.54) is 5.56 Å². The Bertz CT molecular complexity index is 394. The van der Waals surface area contributed by atoms with E-state index >= 15 is 0 Å². The number of benzene rings is 1. The minimum Gasteiger partial charge on any atom is -0.494 e. The van der Waals surface area contributed by atoms with Gasteiger partial charge in [0.25, 0.3) is 0 Å². The molecule has 0 fully saturated rings. The first-order valence-corrected chi connectivity index (χ1v) is 6.68. The highest BCUT2D eigenvalue weighted by molar-refractivity contribution is 5.74. The zero-order valence-electron chi connectivity index (χ0n) is 12.2. The summed E-state index contributed by atoms with van der Waals surface area (Å²) >= 11 is 0. The van der Waals surface area contributed by atoms with Crippen molar-refractivity contribution < 1.29 is 9.53 Å². The topological polar surface area (TPSA) is 50.4 Å². The Morgan fingerprint density at radius 3 is 2.37 bits per heavy atom. The van der Waals surface area contributed by atoms with Crippen LogP contribution in [0.5, 0.6) is 5.75 Å². The molecule has 0 saturated heterocycles. The molecule has 106 valence electrons. The molecule has 1 aromatic carbocycles. The van der Waals surface area contributed by atoms with E-state index in [2.05, 4.69) is 10.6 Å². The zero-order chi connectivity index (χ0) is 14.3. The molecular weight excluding hydrogens is 240 g/mol. The van der Waals surface area contributed by atoms with Gasteiger partial charge in [0.1, 0.15) is 5.75 Å². The predicted molar refractivity (Wildman–Crippen MR) is 77.6 cm³/mol. The molecule has 2 amide bonds. The van der Waals surface area contributed by atoms with Gasteiger partial charge in [-0.2, -0.15) is 0 Å². The van der Waals surface area contributed by atoms with Gasteiger partial charge in [-0.3, -0.25) is 0 Å². The van der Waals surface area contributed by atoms with Crippen LogP contribution in [0.4, 0.5) is 4.79 Å². The van der Waals surface area contributed by atoms with Crippen LogP contribution in [-0.4, -0.2) is 24.7 Å². The number of ether oxygens (including phenoxy) is 1. The molecule has 0 saturated carbocycles. The maximum Gasteiger partial charge on any atom is 0.315 e. The lowest BCUT2D eigenvalue weighted by Crippen LogP contribution is -2.46. The van der Waals surface area contributed by atoms with Crippen LogP contribution in [0.2, 0.25) is 0 Å². The van der Waals surface area contributed by atoms with Crippen molar-refractivity contribution in [2.24, 2.45) is 0 Å². The summed E-state index contributed by atoms with van der Waals surface area (Å²) in [4.78, 5) is 11.5. The normalized spacial score (nSPS) is 10.9. The van der Waals surface area contributed by atoms with Crippen molar-refractivity contribution in [3.05, 3.63) is 29.8 Å². The lowest BCUT2D eigenvalue weighted by molar-refractivity contribution is 0.232. The van der Waals surface area contributed by atoms with Crippen molar-refractivity contribution in [1.82, 2.24) is 10.6 Å². The molecule has 0 aliphatic carbocycles. The van der Waals surface area contributed by atoms with E-state index in [0.717, 1.165) is 12.2 Å². The first kappa shape index (κ1) is 15.3. The molecule has 4 heteroatoms. The van der Waals surface area contributed by atoms with Gasteiger partial charge in [0.15, 0.2) is 0 Å². The molecule has 19 heavy (non-hydrogen) atoms. The summed E-state index contributed by atoms with van der Waals surface area (Å²) in [5.41, 5.74) is 0.975. The summed E-state index contributed by atoms with van der Waals surface area (Å²) in [6, 6.07) is 7.82. The molecule has 0 bridgehead atoms. The SMILES string of the molecule is CCOc1ccc(CCNC(=O)NC(C)(C)C)cc1. The standard InChI is InChI=1S/C15H24N2O2/c1-5-19-13-8-6-12(7-9-13)10-11-16-14(18)17-15(2,3)4/h6-9H,5,10-11H2,1-4H3,(H2,16,17,18). The third-order valence-corrected chi connectivity index (χ3v) is 2.42. The quantitative estimate of drug-likeness (QED) is 0.859. The molecule has 0 aliphatic rings. The van der Waals surface area contributed by atoms with Crippen LogP contribution >= 0.6 is 0 Å². The summed E-state index contributed by atoms with van der Waals surface area (Å²) in [5.74, 6) is 0.879. The van der Waals surface area contributed by atoms with Crippen LogP contribution in [0.25, 0.3) is 0 Å². The van der Waals surface area contributed by atoms with Gasteiger partial charge >= 0.3 is 6.03 Å². The number of urea groups is 1. The molecule has 0 unspecified atom stereocenters. The second kappa shape index (κ2) is 7.02. The van der Waals surface area contributed by atoms with Crippen LogP contribution < -0.4 is 15.4 Å². The van der Waals surface area contributed by atoms with Crippen molar-refractivity contribution in [2.75, 3.05) is 13.2 Å². The number of carbonyl (C=O) groups is 1. The third-order valence-electron chi connectivity index (χ3n) is 2.42. The molecule has 0 aromatic heterocycles. The minimum atomic E-state index is -0.205. The Balaban J connectivity index is 2.31. The second-order valence-electron chi connectivity index (χ2n) is 5.46. The van der Waals surface area contributed by atoms with Crippen molar-refractivity contribution in [3.8, 4) is 5.75 Å². The van der Waals surface area contributed by atoms with E-state index in [4.69, 9.17) is 4.74 Å². The maximum absolute atomic E-state index is 11.5. The Morgan fingerprint density at radius 2 is 1.84 bits per heavy atom. The van der Waals surface area contributed by atoms with Crippen molar-refractivity contribution in [1.29, 1.82) is 0 Å². The van der Waals surface area contributed by atoms with Gasteiger partial charge in [-0.05, 0) is 51.8 Å². The van der Waals surface area contributed by atoms with E-state index < -0.39 is 0 Å². The number of amides is 2. The van der Waals surface area contributed by atoms with Crippen molar-refractivity contribution >= 4 is 6.03 Å². The van der Waals surface area contributed by atoms with Crippen LogP contribution in [0.1, 0.15) is 33.3 Å². The smallest absolute Gasteiger partial charge is 0.315 e. The first-order valence-electron chi connectivity index (χ1n) is 6.68. The van der Waals surface area contributed by atoms with Crippen LogP contribution in [-0.2, 0) is 6.42 Å². The maximum atomic E-state index is 11.5. The summed E-state index contributed by atoms with van der Waals surface area (Å²) in [7, 11) is 0. The summed E-state index contributed by atoms with van der Waals surface area (Å²) < 4.78 is 5.38. The second-order valence-corrected chi connectivity index (χ2v) is 5.46. The fourth-order valence-corrected chi connectivity index (χ4v) is 1.62. The average Bonchev–Trinajstić information content (AvgIpc) is 2.29. The Labute approximate surface area is 115 Å². The fourth-order valence-electron chi connectivity index (χ4n) is 1.62. The number of carbonyl (C=O) groups excluding carboxylic acids is 1. The first-order chi connectivity index (χ1) is 8.90. The summed E-state index contributed by atoms with van der Waals surface area (Å²) in [6.45, 7) is 9.13. The number of hydrogen-bond acceptors (Lipinski definition) is 2. The molecule has 0 spiro atoms. The van der Waals surface area contributed by atoms with Gasteiger partial charge in [-0.25, -0.2) is 4.79 Å². The van der Waals surface area contributed by atoms with Crippen molar-refractivity contribution in [2.45, 2.75) is 39.7 Å². The molecule has 1 rings (SSSR count). The molecule has 0 atom stereocenters. The highest BCUT2D eigenvalue weighted by Crippen LogP contribution is 2.12. The van der Waals surface area contributed by atoms with Gasteiger partial charge in [-0.15, -0.1) is 0 Å². The summed E-state index contributed by atoms with van der Waals surface area (Å²) in [5, 5.41) is 5.71. The highest BCUT2D eigenvalue weighted by Gasteiger charge is 2.12. The predicted octanol–water partition coefficient (Wildman–Crippen LogP) is 2.73. The van der Waals surface area contributed by atoms with Gasteiger partial charge in [0.2, 0.25) is 0 Å². The Hall–Kier alpha value is -1.71. The van der Waals surface area contributed by atoms with Gasteiger partial charge in [0.05, 0.1) is 6.61 Å². The summed E-state index contributed by atoms with van der Waals surface area (Å²) in [6.07, 6.45) is 0.809. The van der Waals surface area contributed by atoms with E-state index in [1.54, 1.807) is 0 Å². The van der Waals surface area contributed by atoms with E-state index in [-0.39, 0.29) is 11.6 Å². The van der Waals surface area contributed by atoms with Crippen LogP contribution in [0.15, 0.2) is 24.3 Å². The molecule has 4 nitrogen and oxygen atoms in total. The number of hydrogen-bond donors (Lipinski definition) is 2. The van der Waals surface area contributed by atoms with E-state index in [9.17, 15) is 4.79 Å². The molecule has 2 N–H and O–H groups in total. The lowest BCUT2D eigenvalue weighted by atomic mass is 10.1. The number of nitrogens with one attached hydrogen (secondary N) is 2. The van der Waals surface area contributed by atoms with Gasteiger partial charge in [0, 0.05) is 12.1 Å². The molecule has 0 radical (unpaired) electrons. The third kappa shape index (κ3) is 6.70. The van der Waals surface area contributed by atoms with Gasteiger partial charge < -0.3 is 15.4 Å². The largest absolute Gasteiger partial charge is 0.494 e. The molecule has 0 heterocycles. The average molecular weight is 264 g/mol. The Morgan fingerprint density at radius 1 is 1.21 bits per heavy atom. The van der Waals surface area contributed by atoms with Crippen molar-refractivity contribution in [3.63, 3.8) is 0 Å². The number of rotatable bonds is 5. The van der Waals surface area contributed by atoms with Crippen LogP contribution in [0.3, 0.4) is 0 Å². The highest BCUT2D eigenvalue weighted by atomic mass is 16.5. The fraction of sp³-hybridized carbons (Fsp3) is 0.533. The lowest BCUT2D eigenvalue weighted by Gasteiger charge is -2.20. The molecule has 1 aromatic rings. The Kier molecular flexibility index (Phi) is 5.67. The van der Waals surface area contributed by atoms with Gasteiger partial charge in [-0.1, -0.05) is 12.1 Å². The molecule has 0 aliphatic heterocycles. The monoisotopic (exact) mass is 264 g/mol. The van der Waals surface area contributed by atoms with Crippen LogP contribution in [0, 0.1) is 0 Å². The minimum absolute atomic E-state index is 0.126. The zero-order valence-corrected chi connectivity index (χ0v) is 12.2. The van der Waals surface area contributed by atoms with E-state index in [1.807, 2.05) is 52.0 Å². The molecular formula is C15H24N2O2.